The molecule has 2 rings (SSSR count). The maximum Gasteiger partial charge on any atom is 2.00 e. The Hall–Kier alpha value is -1.29. The molecule has 0 amide bonds. The van der Waals surface area contributed by atoms with Gasteiger partial charge in [0.1, 0.15) is 33.0 Å². The van der Waals surface area contributed by atoms with Gasteiger partial charge in [0.25, 0.3) is 0 Å². The Morgan fingerprint density at radius 2 is 0.833 bits per heavy atom. The van der Waals surface area contributed by atoms with Gasteiger partial charge < -0.3 is 106 Å². The van der Waals surface area contributed by atoms with E-state index < -0.39 is 0 Å². The van der Waals surface area contributed by atoms with Gasteiger partial charge in [0.2, 0.25) is 11.5 Å². The predicted molar refractivity (Wildman–Crippen MR) is 343 cm³/mol. The van der Waals surface area contributed by atoms with Gasteiger partial charge in [-0.05, 0) is 85.9 Å². The topological polar surface area (TPSA) is 181 Å². The number of nitrogens with two attached hydrogens (primary N) is 2. The standard InChI is InChI=1S/C21H38N2O7.C19H30O6.C9H18.C8H16.C4H9Cl.C3H7O.CH3.2U/c1-3-18-16-19(28-13-10-25-6-4-22)21(30-15-12-27-9-8-24-2)20(17-18)29-14-11-26-7-5-23;1-5-16-14-17(24-12-10-21-6-2)19(23-7-3)18(15-16)25-13-11-22-9-8-20-4;1-3-5-7-9-8-6-4-2;1-4-6-7-8(3)5-2;1-4(2)3-5;1-3-4-2;;;/h16-17H,3-15,22-23H2,1-2H3;14-15H,2-3,5-13H2,1,4H3;7,9H,3-6,8H2,1-2H3;6-8H,4-5H2,1-3H3;4H,3H2,1-2H3;1,3H2,2H3;1H3;;/q;-2;;;;2*-1;2*+2/b;;9-7-;7-6-;;;;;. The molecule has 0 heterocycles. The molecule has 0 aliphatic carbocycles. The van der Waals surface area contributed by atoms with Gasteiger partial charge >= 0.3 is 62.2 Å². The number of alkyl halides is 1. The molecular weight excluding hydrogens is 1540 g/mol. The largest absolute Gasteiger partial charge is 2.00 e. The van der Waals surface area contributed by atoms with E-state index in [0.29, 0.717) is 172 Å². The van der Waals surface area contributed by atoms with Gasteiger partial charge in [0, 0.05) is 40.3 Å². The third kappa shape index (κ3) is 65.2. The van der Waals surface area contributed by atoms with Gasteiger partial charge in [-0.1, -0.05) is 126 Å². The number of rotatable bonds is 45. The summed E-state index contributed by atoms with van der Waals surface area (Å²) in [6.07, 6.45) is 19.7. The van der Waals surface area contributed by atoms with Crippen LogP contribution in [0.4, 0.5) is 0 Å². The molecule has 2 aromatic carbocycles. The molecule has 16 nitrogen and oxygen atoms in total. The fourth-order valence-electron chi connectivity index (χ4n) is 5.72. The molecule has 84 heavy (non-hydrogen) atoms. The summed E-state index contributed by atoms with van der Waals surface area (Å²) in [5, 5.41) is 0. The van der Waals surface area contributed by atoms with Crippen LogP contribution >= 0.6 is 11.6 Å². The van der Waals surface area contributed by atoms with Crippen LogP contribution in [0.5, 0.6) is 34.5 Å². The van der Waals surface area contributed by atoms with Crippen molar-refractivity contribution in [1.82, 2.24) is 0 Å². The summed E-state index contributed by atoms with van der Waals surface area (Å²) in [5.74, 6) is 5.78. The molecule has 2 aromatic rings. The summed E-state index contributed by atoms with van der Waals surface area (Å²) in [6, 6.07) is 7.83. The molecule has 0 radical (unpaired) electrons. The van der Waals surface area contributed by atoms with E-state index in [9.17, 15) is 0 Å². The van der Waals surface area contributed by atoms with E-state index in [1.165, 1.54) is 44.9 Å². The van der Waals surface area contributed by atoms with E-state index >= 15 is 0 Å². The molecular formula is C65H121ClN2O14U2. The van der Waals surface area contributed by atoms with Crippen molar-refractivity contribution < 1.29 is 129 Å². The number of hydrogen-bond donors (Lipinski definition) is 2. The molecule has 19 heteroatoms. The molecule has 0 aromatic heterocycles. The number of hydrogen-bond acceptors (Lipinski definition) is 16. The van der Waals surface area contributed by atoms with Crippen LogP contribution in [-0.4, -0.2) is 166 Å². The van der Waals surface area contributed by atoms with Gasteiger partial charge in [-0.2, -0.15) is 0 Å². The van der Waals surface area contributed by atoms with Crippen LogP contribution in [0, 0.1) is 102 Å². The average molecular weight is 1670 g/mol. The van der Waals surface area contributed by atoms with E-state index in [2.05, 4.69) is 112 Å². The predicted octanol–water partition coefficient (Wildman–Crippen LogP) is 13.1. The van der Waals surface area contributed by atoms with Crippen LogP contribution in [0.25, 0.3) is 0 Å². The molecule has 0 bridgehead atoms. The van der Waals surface area contributed by atoms with Gasteiger partial charge in [-0.15, -0.1) is 11.6 Å². The summed E-state index contributed by atoms with van der Waals surface area (Å²) < 4.78 is 76.3. The van der Waals surface area contributed by atoms with Crippen LogP contribution in [0.15, 0.2) is 48.6 Å². The molecule has 1 atom stereocenters. The average Bonchev–Trinajstić information content (AvgIpc) is 3.64. The SMILES string of the molecule is CC(C)CCl.CC/C=C\C(C)CC.CCC/C=C\CCCC.CCc1cc(OCCOCCN)c(OCCOCCOC)c(OCCOCCN)c1.[CH2-]COC.[CH2-]COCCOc1cc(CC)cc(OCCOCCOC)c1OC[CH2-].[CH3-].[U+2].[U+2]. The van der Waals surface area contributed by atoms with Crippen LogP contribution in [0.1, 0.15) is 118 Å². The Morgan fingerprint density at radius 1 is 0.464 bits per heavy atom. The van der Waals surface area contributed by atoms with E-state index in [4.69, 9.17) is 84.6 Å². The van der Waals surface area contributed by atoms with Crippen molar-refractivity contribution in [3.63, 3.8) is 0 Å². The van der Waals surface area contributed by atoms with Crippen molar-refractivity contribution in [3.8, 4) is 34.5 Å². The smallest absolute Gasteiger partial charge is 0.520 e. The summed E-state index contributed by atoms with van der Waals surface area (Å²) in [6.45, 7) is 39.7. The molecule has 0 saturated heterocycles. The Bertz CT molecular complexity index is 1600. The van der Waals surface area contributed by atoms with Gasteiger partial charge in [0.15, 0.2) is 23.0 Å². The molecule has 0 saturated carbocycles. The Balaban J connectivity index is -0.000000195. The Labute approximate surface area is 567 Å². The molecule has 1 unspecified atom stereocenters. The Kier molecular flexibility index (Phi) is 91.4. The molecule has 4 N–H and O–H groups in total. The summed E-state index contributed by atoms with van der Waals surface area (Å²) in [7, 11) is 4.89. The fourth-order valence-corrected chi connectivity index (χ4v) is 5.72. The molecule has 490 valence electrons. The molecule has 0 spiro atoms. The van der Waals surface area contributed by atoms with Gasteiger partial charge in [-0.25, -0.2) is 0 Å². The normalized spacial score (nSPS) is 10.6. The van der Waals surface area contributed by atoms with Crippen molar-refractivity contribution in [2.45, 2.75) is 120 Å². The number of aryl methyl sites for hydroxylation is 2. The minimum atomic E-state index is 0. The second-order valence-electron chi connectivity index (χ2n) is 17.9. The van der Waals surface area contributed by atoms with Crippen LogP contribution in [0.2, 0.25) is 0 Å². The number of ether oxygens (including phenoxy) is 14. The van der Waals surface area contributed by atoms with Crippen molar-refractivity contribution in [3.05, 3.63) is 87.9 Å². The first-order valence-corrected chi connectivity index (χ1v) is 30.1. The van der Waals surface area contributed by atoms with Crippen LogP contribution in [0.3, 0.4) is 0 Å². The Morgan fingerprint density at radius 3 is 1.14 bits per heavy atom. The number of methoxy groups -OCH3 is 3. The van der Waals surface area contributed by atoms with Gasteiger partial charge in [0.05, 0.1) is 72.7 Å². The summed E-state index contributed by atoms with van der Waals surface area (Å²) in [5.41, 5.74) is 13.1. The summed E-state index contributed by atoms with van der Waals surface area (Å²) >= 11 is 5.34. The second kappa shape index (κ2) is 79.7. The maximum atomic E-state index is 5.97. The number of unbranched alkanes of at least 4 members (excludes halogenated alkanes) is 3. The van der Waals surface area contributed by atoms with E-state index in [1.807, 2.05) is 24.3 Å². The first kappa shape index (κ1) is 96.3. The van der Waals surface area contributed by atoms with Crippen molar-refractivity contribution in [1.29, 1.82) is 0 Å². The van der Waals surface area contributed by atoms with Crippen molar-refractivity contribution >= 4 is 11.6 Å². The first-order valence-electron chi connectivity index (χ1n) is 29.6. The molecule has 0 aliphatic heterocycles. The monoisotopic (exact) mass is 1660 g/mol. The maximum absolute atomic E-state index is 5.97. The van der Waals surface area contributed by atoms with Crippen molar-refractivity contribution in [2.75, 3.05) is 166 Å². The zero-order valence-corrected chi connectivity index (χ0v) is 64.1. The van der Waals surface area contributed by atoms with E-state index in [-0.39, 0.29) is 76.3 Å². The molecule has 0 aliphatic rings. The third-order valence-corrected chi connectivity index (χ3v) is 11.0. The van der Waals surface area contributed by atoms with Crippen LogP contribution in [-0.2, 0) is 50.7 Å². The third-order valence-electron chi connectivity index (χ3n) is 10.4. The van der Waals surface area contributed by atoms with Gasteiger partial charge in [-0.3, -0.25) is 0 Å². The minimum Gasteiger partial charge on any atom is -0.520 e. The van der Waals surface area contributed by atoms with E-state index in [1.54, 1.807) is 21.3 Å². The zero-order valence-electron chi connectivity index (χ0n) is 55.1. The number of allylic oxidation sites excluding steroid dienone is 4. The first-order chi connectivity index (χ1) is 39.4. The summed E-state index contributed by atoms with van der Waals surface area (Å²) in [4.78, 5) is 0. The minimum absolute atomic E-state index is 0. The molecule has 0 fully saturated rings. The number of halogens is 1. The fraction of sp³-hybridized carbons (Fsp3) is 0.692. The second-order valence-corrected chi connectivity index (χ2v) is 18.2. The number of benzene rings is 2. The van der Waals surface area contributed by atoms with Crippen molar-refractivity contribution in [2.24, 2.45) is 23.3 Å². The zero-order chi connectivity index (χ0) is 61.3. The van der Waals surface area contributed by atoms with E-state index in [0.717, 1.165) is 35.8 Å². The quantitative estimate of drug-likeness (QED) is 0.0276. The van der Waals surface area contributed by atoms with Crippen LogP contribution < -0.4 is 39.9 Å².